The molecule has 1 rings (SSSR count). The van der Waals surface area contributed by atoms with E-state index in [0.29, 0.717) is 11.8 Å². The van der Waals surface area contributed by atoms with Gasteiger partial charge >= 0.3 is 0 Å². The SMILES string of the molecule is CC(C)C1(C(C)C)C=CC=CC1N=C=O. The molecule has 0 aromatic heterocycles. The van der Waals surface area contributed by atoms with Crippen molar-refractivity contribution >= 4 is 6.08 Å². The molecule has 0 radical (unpaired) electrons. The summed E-state index contributed by atoms with van der Waals surface area (Å²) in [5, 5.41) is 0. The molecule has 0 bridgehead atoms. The lowest BCUT2D eigenvalue weighted by atomic mass is 9.63. The van der Waals surface area contributed by atoms with Crippen molar-refractivity contribution in [2.75, 3.05) is 0 Å². The van der Waals surface area contributed by atoms with Gasteiger partial charge in [0.2, 0.25) is 6.08 Å². The van der Waals surface area contributed by atoms with Gasteiger partial charge in [0.05, 0.1) is 6.04 Å². The van der Waals surface area contributed by atoms with Gasteiger partial charge in [-0.05, 0) is 11.8 Å². The number of hydrogen-bond donors (Lipinski definition) is 0. The molecule has 0 fully saturated rings. The van der Waals surface area contributed by atoms with E-state index >= 15 is 0 Å². The zero-order valence-corrected chi connectivity index (χ0v) is 9.90. The summed E-state index contributed by atoms with van der Waals surface area (Å²) in [4.78, 5) is 14.4. The molecule has 82 valence electrons. The van der Waals surface area contributed by atoms with Crippen LogP contribution < -0.4 is 0 Å². The minimum Gasteiger partial charge on any atom is -0.211 e. The normalized spacial score (nSPS) is 23.2. The summed E-state index contributed by atoms with van der Waals surface area (Å²) in [5.74, 6) is 0.890. The van der Waals surface area contributed by atoms with Crippen LogP contribution in [0.4, 0.5) is 0 Å². The number of carbonyl (C=O) groups excluding carboxylic acids is 1. The fourth-order valence-corrected chi connectivity index (χ4v) is 2.60. The Kier molecular flexibility index (Phi) is 3.65. The van der Waals surface area contributed by atoms with Crippen LogP contribution in [0.2, 0.25) is 0 Å². The second-order valence-corrected chi connectivity index (χ2v) is 4.72. The van der Waals surface area contributed by atoms with Crippen molar-refractivity contribution < 1.29 is 4.79 Å². The topological polar surface area (TPSA) is 29.4 Å². The molecule has 0 aromatic rings. The lowest BCUT2D eigenvalue weighted by Crippen LogP contribution is -2.41. The van der Waals surface area contributed by atoms with E-state index in [1.807, 2.05) is 12.2 Å². The Morgan fingerprint density at radius 2 is 1.80 bits per heavy atom. The summed E-state index contributed by atoms with van der Waals surface area (Å²) in [6.07, 6.45) is 9.88. The molecule has 15 heavy (non-hydrogen) atoms. The van der Waals surface area contributed by atoms with E-state index in [1.165, 1.54) is 0 Å². The molecule has 0 saturated carbocycles. The fraction of sp³-hybridized carbons (Fsp3) is 0.615. The van der Waals surface area contributed by atoms with Crippen LogP contribution in [0.3, 0.4) is 0 Å². The second-order valence-electron chi connectivity index (χ2n) is 4.72. The zero-order valence-electron chi connectivity index (χ0n) is 9.90. The summed E-state index contributed by atoms with van der Waals surface area (Å²) in [5.41, 5.74) is -0.0494. The van der Waals surface area contributed by atoms with Crippen molar-refractivity contribution in [3.05, 3.63) is 24.3 Å². The third-order valence-electron chi connectivity index (χ3n) is 3.49. The van der Waals surface area contributed by atoms with Gasteiger partial charge < -0.3 is 0 Å². The Balaban J connectivity index is 3.19. The van der Waals surface area contributed by atoms with Crippen LogP contribution in [0.1, 0.15) is 27.7 Å². The molecule has 1 atom stereocenters. The number of allylic oxidation sites excluding steroid dienone is 2. The average molecular weight is 205 g/mol. The minimum atomic E-state index is -0.0694. The molecule has 0 spiro atoms. The zero-order chi connectivity index (χ0) is 11.5. The Bertz CT molecular complexity index is 311. The van der Waals surface area contributed by atoms with Crippen molar-refractivity contribution in [3.8, 4) is 0 Å². The summed E-state index contributed by atoms with van der Waals surface area (Å²) in [6.45, 7) is 8.71. The largest absolute Gasteiger partial charge is 0.235 e. The molecule has 0 heterocycles. The quantitative estimate of drug-likeness (QED) is 0.514. The van der Waals surface area contributed by atoms with Crippen molar-refractivity contribution in [2.45, 2.75) is 33.7 Å². The molecule has 0 saturated heterocycles. The van der Waals surface area contributed by atoms with Crippen molar-refractivity contribution in [2.24, 2.45) is 22.2 Å². The highest BCUT2D eigenvalue weighted by molar-refractivity contribution is 5.37. The molecule has 2 nitrogen and oxygen atoms in total. The summed E-state index contributed by atoms with van der Waals surface area (Å²) >= 11 is 0. The highest BCUT2D eigenvalue weighted by Gasteiger charge is 2.42. The Hall–Kier alpha value is -1.14. The van der Waals surface area contributed by atoms with Gasteiger partial charge in [0.25, 0.3) is 0 Å². The predicted molar refractivity (Wildman–Crippen MR) is 62.3 cm³/mol. The monoisotopic (exact) mass is 205 g/mol. The van der Waals surface area contributed by atoms with Crippen LogP contribution in [-0.4, -0.2) is 12.1 Å². The summed E-state index contributed by atoms with van der Waals surface area (Å²) in [7, 11) is 0. The van der Waals surface area contributed by atoms with Gasteiger partial charge in [-0.15, -0.1) is 0 Å². The number of aliphatic imine (C=N–C) groups is 1. The van der Waals surface area contributed by atoms with E-state index in [2.05, 4.69) is 44.8 Å². The van der Waals surface area contributed by atoms with E-state index in [1.54, 1.807) is 6.08 Å². The van der Waals surface area contributed by atoms with Gasteiger partial charge in [-0.1, -0.05) is 52.0 Å². The third-order valence-corrected chi connectivity index (χ3v) is 3.49. The van der Waals surface area contributed by atoms with E-state index in [0.717, 1.165) is 0 Å². The summed E-state index contributed by atoms with van der Waals surface area (Å²) < 4.78 is 0. The van der Waals surface area contributed by atoms with Gasteiger partial charge in [0, 0.05) is 5.41 Å². The first-order chi connectivity index (χ1) is 7.05. The van der Waals surface area contributed by atoms with Gasteiger partial charge in [-0.25, -0.2) is 4.79 Å². The molecular formula is C13H19NO. The molecule has 0 aliphatic heterocycles. The van der Waals surface area contributed by atoms with Crippen LogP contribution in [0.25, 0.3) is 0 Å². The van der Waals surface area contributed by atoms with E-state index in [4.69, 9.17) is 0 Å². The first-order valence-corrected chi connectivity index (χ1v) is 5.48. The molecule has 1 aliphatic rings. The van der Waals surface area contributed by atoms with Crippen molar-refractivity contribution in [1.29, 1.82) is 0 Å². The predicted octanol–water partition coefficient (Wildman–Crippen LogP) is 3.12. The first-order valence-electron chi connectivity index (χ1n) is 5.48. The number of isocyanates is 1. The van der Waals surface area contributed by atoms with E-state index < -0.39 is 0 Å². The highest BCUT2D eigenvalue weighted by Crippen LogP contribution is 2.44. The fourth-order valence-electron chi connectivity index (χ4n) is 2.60. The molecular weight excluding hydrogens is 186 g/mol. The van der Waals surface area contributed by atoms with Crippen LogP contribution in [0.5, 0.6) is 0 Å². The van der Waals surface area contributed by atoms with Gasteiger partial charge in [0.1, 0.15) is 0 Å². The lowest BCUT2D eigenvalue weighted by molar-refractivity contribution is 0.157. The molecule has 0 aromatic carbocycles. The maximum absolute atomic E-state index is 10.5. The maximum Gasteiger partial charge on any atom is 0.235 e. The van der Waals surface area contributed by atoms with Crippen molar-refractivity contribution in [1.82, 2.24) is 0 Å². The maximum atomic E-state index is 10.5. The standard InChI is InChI=1S/C13H19NO/c1-10(2)13(11(3)4)8-6-5-7-12(13)14-9-15/h5-8,10-12H,1-4H3. The first kappa shape index (κ1) is 11.9. The minimum absolute atomic E-state index is 0.0494. The molecule has 2 heteroatoms. The second kappa shape index (κ2) is 4.59. The molecule has 1 aliphatic carbocycles. The lowest BCUT2D eigenvalue weighted by Gasteiger charge is -2.43. The number of nitrogens with zero attached hydrogens (tertiary/aromatic N) is 1. The smallest absolute Gasteiger partial charge is 0.211 e. The number of hydrogen-bond acceptors (Lipinski definition) is 2. The average Bonchev–Trinajstić information content (AvgIpc) is 2.18. The van der Waals surface area contributed by atoms with Crippen LogP contribution >= 0.6 is 0 Å². The molecule has 1 unspecified atom stereocenters. The van der Waals surface area contributed by atoms with Crippen LogP contribution in [0.15, 0.2) is 29.3 Å². The van der Waals surface area contributed by atoms with Gasteiger partial charge in [0.15, 0.2) is 0 Å². The molecule has 0 N–H and O–H groups in total. The third kappa shape index (κ3) is 1.95. The van der Waals surface area contributed by atoms with E-state index in [-0.39, 0.29) is 11.5 Å². The van der Waals surface area contributed by atoms with Crippen molar-refractivity contribution in [3.63, 3.8) is 0 Å². The Labute approximate surface area is 91.8 Å². The summed E-state index contributed by atoms with van der Waals surface area (Å²) in [6, 6.07) is -0.0694. The van der Waals surface area contributed by atoms with E-state index in [9.17, 15) is 4.79 Å². The van der Waals surface area contributed by atoms with Gasteiger partial charge in [-0.2, -0.15) is 4.99 Å². The van der Waals surface area contributed by atoms with Crippen LogP contribution in [-0.2, 0) is 4.79 Å². The van der Waals surface area contributed by atoms with Gasteiger partial charge in [-0.3, -0.25) is 0 Å². The highest BCUT2D eigenvalue weighted by atomic mass is 16.1. The Morgan fingerprint density at radius 3 is 2.27 bits per heavy atom. The Morgan fingerprint density at radius 1 is 1.20 bits per heavy atom. The molecule has 0 amide bonds. The number of rotatable bonds is 3. The van der Waals surface area contributed by atoms with Crippen LogP contribution in [0, 0.1) is 17.3 Å².